The average molecular weight is 490 g/mol. The fourth-order valence-electron chi connectivity index (χ4n) is 2.73. The van der Waals surface area contributed by atoms with Crippen LogP contribution in [-0.4, -0.2) is 34.8 Å². The lowest BCUT2D eigenvalue weighted by Gasteiger charge is -2.19. The Labute approximate surface area is 202 Å². The molecule has 3 aromatic rings. The zero-order valence-electron chi connectivity index (χ0n) is 18.5. The number of benzene rings is 2. The third-order valence-electron chi connectivity index (χ3n) is 4.02. The maximum Gasteiger partial charge on any atom is 0.412 e. The highest BCUT2D eigenvalue weighted by Gasteiger charge is 2.16. The molecule has 0 atom stereocenters. The van der Waals surface area contributed by atoms with Crippen molar-refractivity contribution in [3.8, 4) is 5.75 Å². The second-order valence-electron chi connectivity index (χ2n) is 7.97. The molecule has 0 spiro atoms. The summed E-state index contributed by atoms with van der Waals surface area (Å²) in [5, 5.41) is 9.55. The number of anilines is 4. The van der Waals surface area contributed by atoms with Gasteiger partial charge in [-0.15, -0.1) is 0 Å². The first kappa shape index (κ1) is 24.4. The Hall–Kier alpha value is -3.23. The fraction of sp³-hybridized carbons (Fsp3) is 0.261. The number of hydrogen-bond acceptors (Lipinski definition) is 7. The number of nitrogens with one attached hydrogen (secondary N) is 3. The first-order chi connectivity index (χ1) is 15.7. The normalized spacial score (nSPS) is 10.9. The molecule has 0 bridgehead atoms. The highest BCUT2D eigenvalue weighted by Crippen LogP contribution is 2.26. The molecular formula is C23H25Cl2N5O3. The van der Waals surface area contributed by atoms with Crippen LogP contribution >= 0.6 is 23.2 Å². The molecule has 2 aromatic carbocycles. The summed E-state index contributed by atoms with van der Waals surface area (Å²) in [7, 11) is 0. The smallest absolute Gasteiger partial charge is 0.412 e. The highest BCUT2D eigenvalue weighted by atomic mass is 35.5. The SMILES string of the molecule is CC(C)(C)OC(=O)Nc1cccc(NCCOc2cccc(Nc3nc(Cl)ncc3Cl)c2)c1. The number of carbonyl (C=O) groups is 1. The molecule has 3 rings (SSSR count). The van der Waals surface area contributed by atoms with E-state index in [0.29, 0.717) is 35.4 Å². The van der Waals surface area contributed by atoms with Crippen molar-refractivity contribution >= 4 is 52.2 Å². The monoisotopic (exact) mass is 489 g/mol. The minimum Gasteiger partial charge on any atom is -0.492 e. The Morgan fingerprint density at radius 1 is 1.03 bits per heavy atom. The molecule has 3 N–H and O–H groups in total. The van der Waals surface area contributed by atoms with E-state index in [1.54, 1.807) is 6.07 Å². The minimum atomic E-state index is -0.557. The molecule has 0 saturated carbocycles. The molecule has 0 aliphatic heterocycles. The third-order valence-corrected chi connectivity index (χ3v) is 4.48. The van der Waals surface area contributed by atoms with Crippen LogP contribution in [0.4, 0.5) is 27.7 Å². The van der Waals surface area contributed by atoms with Gasteiger partial charge < -0.3 is 20.1 Å². The Morgan fingerprint density at radius 3 is 2.55 bits per heavy atom. The molecule has 0 fully saturated rings. The zero-order valence-corrected chi connectivity index (χ0v) is 20.0. The van der Waals surface area contributed by atoms with Gasteiger partial charge in [0.05, 0.1) is 6.20 Å². The second-order valence-corrected chi connectivity index (χ2v) is 8.72. The zero-order chi connectivity index (χ0) is 23.8. The standard InChI is InChI=1S/C23H25Cl2N5O3/c1-23(2,3)33-22(31)29-16-7-4-6-15(12-16)26-10-11-32-18-9-5-8-17(13-18)28-20-19(24)14-27-21(25)30-20/h4-9,12-14,26H,10-11H2,1-3H3,(H,29,31)(H,27,28,30). The van der Waals surface area contributed by atoms with Crippen LogP contribution in [0.15, 0.2) is 54.7 Å². The van der Waals surface area contributed by atoms with Crippen molar-refractivity contribution in [3.05, 3.63) is 65.0 Å². The molecule has 1 aromatic heterocycles. The number of halogens is 2. The first-order valence-corrected chi connectivity index (χ1v) is 11.0. The van der Waals surface area contributed by atoms with Crippen molar-refractivity contribution in [2.75, 3.05) is 29.1 Å². The van der Waals surface area contributed by atoms with Crippen molar-refractivity contribution in [3.63, 3.8) is 0 Å². The van der Waals surface area contributed by atoms with Crippen LogP contribution in [0, 0.1) is 0 Å². The second kappa shape index (κ2) is 11.1. The van der Waals surface area contributed by atoms with E-state index in [4.69, 9.17) is 32.7 Å². The van der Waals surface area contributed by atoms with Gasteiger partial charge in [-0.3, -0.25) is 5.32 Å². The molecular weight excluding hydrogens is 465 g/mol. The number of ether oxygens (including phenoxy) is 2. The summed E-state index contributed by atoms with van der Waals surface area (Å²) in [5.74, 6) is 1.09. The van der Waals surface area contributed by atoms with E-state index in [1.165, 1.54) is 6.20 Å². The average Bonchev–Trinajstić information content (AvgIpc) is 2.73. The van der Waals surface area contributed by atoms with E-state index in [9.17, 15) is 4.79 Å². The number of aromatic nitrogens is 2. The molecule has 0 saturated heterocycles. The van der Waals surface area contributed by atoms with Gasteiger partial charge >= 0.3 is 6.09 Å². The van der Waals surface area contributed by atoms with Crippen LogP contribution in [0.2, 0.25) is 10.3 Å². The Kier molecular flexibility index (Phi) is 8.19. The quantitative estimate of drug-likeness (QED) is 0.250. The maximum absolute atomic E-state index is 11.9. The number of amides is 1. The predicted molar refractivity (Wildman–Crippen MR) is 132 cm³/mol. The van der Waals surface area contributed by atoms with E-state index in [2.05, 4.69) is 25.9 Å². The van der Waals surface area contributed by atoms with Crippen molar-refractivity contribution in [1.82, 2.24) is 9.97 Å². The van der Waals surface area contributed by atoms with E-state index in [1.807, 2.05) is 63.2 Å². The molecule has 0 unspecified atom stereocenters. The highest BCUT2D eigenvalue weighted by molar-refractivity contribution is 6.33. The predicted octanol–water partition coefficient (Wildman–Crippen LogP) is 6.36. The van der Waals surface area contributed by atoms with Gasteiger partial charge in [0, 0.05) is 29.7 Å². The van der Waals surface area contributed by atoms with Crippen molar-refractivity contribution in [1.29, 1.82) is 0 Å². The number of nitrogens with zero attached hydrogens (tertiary/aromatic N) is 2. The number of hydrogen-bond donors (Lipinski definition) is 3. The topological polar surface area (TPSA) is 97.4 Å². The summed E-state index contributed by atoms with van der Waals surface area (Å²) in [4.78, 5) is 19.8. The lowest BCUT2D eigenvalue weighted by atomic mass is 10.2. The van der Waals surface area contributed by atoms with Crippen LogP contribution in [0.5, 0.6) is 5.75 Å². The first-order valence-electron chi connectivity index (χ1n) is 10.2. The summed E-state index contributed by atoms with van der Waals surface area (Å²) in [6, 6.07) is 14.8. The molecule has 1 heterocycles. The van der Waals surface area contributed by atoms with Crippen molar-refractivity contribution < 1.29 is 14.3 Å². The minimum absolute atomic E-state index is 0.103. The summed E-state index contributed by atoms with van der Waals surface area (Å²) >= 11 is 11.9. The van der Waals surface area contributed by atoms with Gasteiger partial charge in [0.15, 0.2) is 5.82 Å². The third kappa shape index (κ3) is 8.32. The number of rotatable bonds is 8. The van der Waals surface area contributed by atoms with E-state index in [-0.39, 0.29) is 5.28 Å². The van der Waals surface area contributed by atoms with E-state index < -0.39 is 11.7 Å². The van der Waals surface area contributed by atoms with E-state index in [0.717, 1.165) is 11.4 Å². The maximum atomic E-state index is 11.9. The number of carbonyl (C=O) groups excluding carboxylic acids is 1. The molecule has 0 aliphatic rings. The summed E-state index contributed by atoms with van der Waals surface area (Å²) < 4.78 is 11.1. The van der Waals surface area contributed by atoms with Crippen LogP contribution in [0.3, 0.4) is 0 Å². The molecule has 0 radical (unpaired) electrons. The Morgan fingerprint density at radius 2 is 1.76 bits per heavy atom. The lowest BCUT2D eigenvalue weighted by molar-refractivity contribution is 0.0636. The fourth-order valence-corrected chi connectivity index (χ4v) is 3.00. The van der Waals surface area contributed by atoms with Crippen molar-refractivity contribution in [2.45, 2.75) is 26.4 Å². The Balaban J connectivity index is 1.49. The molecule has 1 amide bonds. The van der Waals surface area contributed by atoms with Crippen LogP contribution in [0.1, 0.15) is 20.8 Å². The van der Waals surface area contributed by atoms with Gasteiger partial charge in [-0.1, -0.05) is 23.7 Å². The summed E-state index contributed by atoms with van der Waals surface area (Å²) in [6.45, 7) is 6.43. The molecule has 33 heavy (non-hydrogen) atoms. The van der Waals surface area contributed by atoms with Gasteiger partial charge in [-0.2, -0.15) is 4.98 Å². The van der Waals surface area contributed by atoms with Crippen LogP contribution < -0.4 is 20.7 Å². The van der Waals surface area contributed by atoms with E-state index >= 15 is 0 Å². The molecule has 10 heteroatoms. The summed E-state index contributed by atoms with van der Waals surface area (Å²) in [5.41, 5.74) is 1.67. The van der Waals surface area contributed by atoms with Crippen LogP contribution in [0.25, 0.3) is 0 Å². The molecule has 8 nitrogen and oxygen atoms in total. The van der Waals surface area contributed by atoms with Gasteiger partial charge in [0.2, 0.25) is 5.28 Å². The van der Waals surface area contributed by atoms with Gasteiger partial charge in [-0.25, -0.2) is 9.78 Å². The van der Waals surface area contributed by atoms with Crippen LogP contribution in [-0.2, 0) is 4.74 Å². The Bertz CT molecular complexity index is 1110. The van der Waals surface area contributed by atoms with Gasteiger partial charge in [-0.05, 0) is 62.7 Å². The summed E-state index contributed by atoms with van der Waals surface area (Å²) in [6.07, 6.45) is 0.936. The molecule has 174 valence electrons. The molecule has 0 aliphatic carbocycles. The van der Waals surface area contributed by atoms with Crippen molar-refractivity contribution in [2.24, 2.45) is 0 Å². The van der Waals surface area contributed by atoms with Gasteiger partial charge in [0.25, 0.3) is 0 Å². The largest absolute Gasteiger partial charge is 0.492 e. The lowest BCUT2D eigenvalue weighted by Crippen LogP contribution is -2.27. The van der Waals surface area contributed by atoms with Gasteiger partial charge in [0.1, 0.15) is 23.0 Å².